The van der Waals surface area contributed by atoms with Crippen LogP contribution in [0.3, 0.4) is 0 Å². The number of rotatable bonds is 9. The number of nitrogens with zero attached hydrogens (tertiary/aromatic N) is 6. The van der Waals surface area contributed by atoms with E-state index in [2.05, 4.69) is 79.4 Å². The van der Waals surface area contributed by atoms with Gasteiger partial charge < -0.3 is 19.2 Å². The minimum absolute atomic E-state index is 0.0945. The predicted molar refractivity (Wildman–Crippen MR) is 211 cm³/mol. The van der Waals surface area contributed by atoms with Gasteiger partial charge in [0.25, 0.3) is 17.4 Å². The van der Waals surface area contributed by atoms with E-state index in [1.54, 1.807) is 12.1 Å². The number of anilines is 3. The third-order valence-corrected chi connectivity index (χ3v) is 12.7. The van der Waals surface area contributed by atoms with Crippen molar-refractivity contribution in [2.24, 2.45) is 5.92 Å². The van der Waals surface area contributed by atoms with E-state index >= 15 is 0 Å². The number of likely N-dealkylation sites (tertiary alicyclic amines) is 1. The Morgan fingerprint density at radius 1 is 0.911 bits per heavy atom. The van der Waals surface area contributed by atoms with E-state index in [1.807, 2.05) is 19.9 Å². The van der Waals surface area contributed by atoms with Gasteiger partial charge in [0.15, 0.2) is 0 Å². The molecule has 1 aliphatic carbocycles. The summed E-state index contributed by atoms with van der Waals surface area (Å²) < 4.78 is 5.53. The van der Waals surface area contributed by atoms with Gasteiger partial charge in [0, 0.05) is 92.1 Å². The van der Waals surface area contributed by atoms with Gasteiger partial charge in [-0.2, -0.15) is 0 Å². The topological polar surface area (TPSA) is 124 Å². The quantitative estimate of drug-likeness (QED) is 0.155. The monoisotopic (exact) mass is 751 g/mol. The summed E-state index contributed by atoms with van der Waals surface area (Å²) in [5.74, 6) is -0.674. The van der Waals surface area contributed by atoms with Crippen LogP contribution in [0.25, 0.3) is 16.0 Å². The molecule has 56 heavy (non-hydrogen) atoms. The van der Waals surface area contributed by atoms with Gasteiger partial charge >= 0.3 is 0 Å². The number of aryl methyl sites for hydroxylation is 3. The molecule has 5 aliphatic rings. The predicted octanol–water partition coefficient (Wildman–Crippen LogP) is 6.32. The third-order valence-electron chi connectivity index (χ3n) is 12.7. The molecule has 286 valence electrons. The van der Waals surface area contributed by atoms with E-state index in [1.165, 1.54) is 5.56 Å². The number of hydrogen-bond donors (Lipinski definition) is 1. The highest BCUT2D eigenvalue weighted by Gasteiger charge is 2.52. The van der Waals surface area contributed by atoms with E-state index in [9.17, 15) is 19.2 Å². The van der Waals surface area contributed by atoms with Crippen LogP contribution in [-0.2, 0) is 15.1 Å². The van der Waals surface area contributed by atoms with Gasteiger partial charge in [-0.15, -0.1) is 0 Å². The van der Waals surface area contributed by atoms with Crippen molar-refractivity contribution >= 4 is 40.7 Å². The molecular weight excluding hydrogens is 707 g/mol. The number of aromatic nitrogens is 1. The van der Waals surface area contributed by atoms with Crippen molar-refractivity contribution in [3.8, 4) is 11.1 Å². The van der Waals surface area contributed by atoms with Gasteiger partial charge in [-0.3, -0.25) is 34.3 Å². The summed E-state index contributed by atoms with van der Waals surface area (Å²) in [5.41, 5.74) is 8.73. The molecule has 0 spiro atoms. The summed E-state index contributed by atoms with van der Waals surface area (Å²) in [6.45, 7) is 18.4. The van der Waals surface area contributed by atoms with Crippen LogP contribution in [0.4, 0.5) is 17.1 Å². The number of imide groups is 2. The Kier molecular flexibility index (Phi) is 8.80. The number of carbonyl (C=O) groups is 4. The molecule has 1 saturated carbocycles. The Bertz CT molecular complexity index is 2290. The lowest BCUT2D eigenvalue weighted by Crippen LogP contribution is -2.57. The molecule has 3 aromatic carbocycles. The molecule has 12 nitrogen and oxygen atoms in total. The van der Waals surface area contributed by atoms with Crippen molar-refractivity contribution in [1.82, 2.24) is 20.3 Å². The molecule has 12 heteroatoms. The first kappa shape index (κ1) is 35.9. The summed E-state index contributed by atoms with van der Waals surface area (Å²) in [5, 5.41) is 6.47. The van der Waals surface area contributed by atoms with Crippen molar-refractivity contribution in [2.45, 2.75) is 76.9 Å². The Morgan fingerprint density at radius 3 is 2.30 bits per heavy atom. The lowest BCUT2D eigenvalue weighted by Gasteiger charge is -2.49. The van der Waals surface area contributed by atoms with Crippen LogP contribution in [0, 0.1) is 33.3 Å². The maximum atomic E-state index is 13.4. The summed E-state index contributed by atoms with van der Waals surface area (Å²) in [6, 6.07) is 20.1. The molecule has 4 aromatic rings. The number of amides is 4. The second kappa shape index (κ2) is 13.7. The molecule has 1 aromatic heterocycles. The van der Waals surface area contributed by atoms with Crippen molar-refractivity contribution in [3.05, 3.63) is 106 Å². The second-order valence-electron chi connectivity index (χ2n) is 16.2. The number of hydrogen-bond acceptors (Lipinski definition) is 9. The molecule has 0 bridgehead atoms. The van der Waals surface area contributed by atoms with Gasteiger partial charge in [0.2, 0.25) is 11.8 Å². The zero-order valence-electron chi connectivity index (χ0n) is 32.0. The van der Waals surface area contributed by atoms with Crippen molar-refractivity contribution in [1.29, 1.82) is 0 Å². The van der Waals surface area contributed by atoms with Crippen LogP contribution in [0.5, 0.6) is 0 Å². The van der Waals surface area contributed by atoms with Gasteiger partial charge in [0.05, 0.1) is 16.8 Å². The number of fused-ring (bicyclic) bond motifs is 1. The smallest absolute Gasteiger partial charge is 0.262 e. The number of benzene rings is 3. The standard InChI is InChI=1S/C44H45N7O5/c1-26-5-6-30(40-27(2)47-56-28(40)3)21-38(26)50(33-9-7-31(8-10-33)44(45-4)17-18-44)25-29-23-49(24-29)32-15-19-48(20-16-32)34-11-12-35-36(22-34)43(55)51(42(35)54)37-13-14-39(52)46-41(37)53/h5-12,21-22,29,32,37H,13-20,23-25H2,1-3H3,(H,46,52,53). The van der Waals surface area contributed by atoms with Crippen molar-refractivity contribution in [2.75, 3.05) is 42.5 Å². The van der Waals surface area contributed by atoms with Gasteiger partial charge in [-0.25, -0.2) is 6.57 Å². The van der Waals surface area contributed by atoms with Crippen molar-refractivity contribution < 1.29 is 23.7 Å². The van der Waals surface area contributed by atoms with Gasteiger partial charge in [-0.1, -0.05) is 17.3 Å². The fraction of sp³-hybridized carbons (Fsp3) is 0.409. The zero-order valence-corrected chi connectivity index (χ0v) is 32.0. The molecule has 9 rings (SSSR count). The Labute approximate surface area is 326 Å². The fourth-order valence-electron chi connectivity index (χ4n) is 9.26. The van der Waals surface area contributed by atoms with E-state index < -0.39 is 23.8 Å². The molecule has 5 heterocycles. The second-order valence-corrected chi connectivity index (χ2v) is 16.2. The maximum absolute atomic E-state index is 13.4. The molecular formula is C44H45N7O5. The third kappa shape index (κ3) is 6.14. The SMILES string of the molecule is [C-]#[N+]C1(c2ccc(N(CC3CN(C4CCN(c5ccc6c(c5)C(=O)N(C5CCC(=O)NC5=O)C6=O)CC4)C3)c3cc(-c4c(C)noc4C)ccc3C)cc2)CC1. The van der Waals surface area contributed by atoms with E-state index in [4.69, 9.17) is 11.1 Å². The van der Waals surface area contributed by atoms with Crippen LogP contribution in [-0.4, -0.2) is 83.4 Å². The molecule has 3 saturated heterocycles. The lowest BCUT2D eigenvalue weighted by atomic mass is 9.91. The number of nitrogens with one attached hydrogen (secondary N) is 1. The minimum atomic E-state index is -0.972. The fourth-order valence-corrected chi connectivity index (χ4v) is 9.26. The number of piperidine rings is 2. The summed E-state index contributed by atoms with van der Waals surface area (Å²) in [4.78, 5) is 63.1. The average molecular weight is 752 g/mol. The van der Waals surface area contributed by atoms with Crippen LogP contribution in [0.1, 0.15) is 81.8 Å². The van der Waals surface area contributed by atoms with Crippen LogP contribution < -0.4 is 15.1 Å². The van der Waals surface area contributed by atoms with Crippen molar-refractivity contribution in [3.63, 3.8) is 0 Å². The first-order valence-corrected chi connectivity index (χ1v) is 19.7. The Morgan fingerprint density at radius 2 is 1.64 bits per heavy atom. The number of carbonyl (C=O) groups excluding carboxylic acids is 4. The summed E-state index contributed by atoms with van der Waals surface area (Å²) in [6.07, 6.45) is 4.07. The summed E-state index contributed by atoms with van der Waals surface area (Å²) in [7, 11) is 0. The van der Waals surface area contributed by atoms with E-state index in [0.29, 0.717) is 23.1 Å². The highest BCUT2D eigenvalue weighted by atomic mass is 16.5. The molecule has 0 radical (unpaired) electrons. The normalized spacial score (nSPS) is 21.1. The summed E-state index contributed by atoms with van der Waals surface area (Å²) >= 11 is 0. The first-order chi connectivity index (χ1) is 27.0. The molecule has 1 unspecified atom stereocenters. The molecule has 1 atom stereocenters. The maximum Gasteiger partial charge on any atom is 0.262 e. The van der Waals surface area contributed by atoms with Crippen LogP contribution in [0.15, 0.2) is 65.2 Å². The Balaban J connectivity index is 0.868. The Hall–Kier alpha value is -5.80. The first-order valence-electron chi connectivity index (χ1n) is 19.7. The molecule has 1 N–H and O–H groups in total. The van der Waals surface area contributed by atoms with E-state index in [0.717, 1.165) is 109 Å². The molecule has 4 aliphatic heterocycles. The average Bonchev–Trinajstić information content (AvgIpc) is 3.87. The van der Waals surface area contributed by atoms with Crippen LogP contribution >= 0.6 is 0 Å². The highest BCUT2D eigenvalue weighted by Crippen LogP contribution is 2.50. The van der Waals surface area contributed by atoms with E-state index in [-0.39, 0.29) is 24.3 Å². The largest absolute Gasteiger partial charge is 0.371 e. The lowest BCUT2D eigenvalue weighted by molar-refractivity contribution is -0.136. The zero-order chi connectivity index (χ0) is 38.9. The van der Waals surface area contributed by atoms with Crippen LogP contribution in [0.2, 0.25) is 0 Å². The highest BCUT2D eigenvalue weighted by molar-refractivity contribution is 6.23. The van der Waals surface area contributed by atoms with Gasteiger partial charge in [0.1, 0.15) is 11.8 Å². The molecule has 4 amide bonds. The molecule has 4 fully saturated rings. The van der Waals surface area contributed by atoms with Gasteiger partial charge in [-0.05, 0) is 99.7 Å². The minimum Gasteiger partial charge on any atom is -0.371 e.